The van der Waals surface area contributed by atoms with Gasteiger partial charge in [-0.05, 0) is 42.2 Å². The van der Waals surface area contributed by atoms with E-state index in [4.69, 9.17) is 17.3 Å². The van der Waals surface area contributed by atoms with Gasteiger partial charge in [0.1, 0.15) is 5.54 Å². The molecule has 0 aliphatic heterocycles. The van der Waals surface area contributed by atoms with E-state index in [2.05, 4.69) is 17.4 Å². The molecule has 0 saturated heterocycles. The number of anilines is 1. The maximum absolute atomic E-state index is 12.1. The van der Waals surface area contributed by atoms with Crippen molar-refractivity contribution in [3.8, 4) is 0 Å². The molecule has 1 amide bonds. The van der Waals surface area contributed by atoms with Crippen LogP contribution in [0.1, 0.15) is 17.5 Å². The number of nitrogens with one attached hydrogen (secondary N) is 1. The zero-order valence-corrected chi connectivity index (χ0v) is 12.4. The molecule has 1 aliphatic rings. The van der Waals surface area contributed by atoms with Gasteiger partial charge in [0.05, 0.1) is 0 Å². The van der Waals surface area contributed by atoms with Crippen LogP contribution in [0.15, 0.2) is 48.5 Å². The normalized spacial score (nSPS) is 20.6. The van der Waals surface area contributed by atoms with Gasteiger partial charge in [0.25, 0.3) is 0 Å². The summed E-state index contributed by atoms with van der Waals surface area (Å²) >= 11 is 6.01. The van der Waals surface area contributed by atoms with Crippen molar-refractivity contribution in [3.63, 3.8) is 0 Å². The largest absolute Gasteiger partial charge is 0.371 e. The number of fused-ring (bicyclic) bond motifs is 1. The highest BCUT2D eigenvalue weighted by molar-refractivity contribution is 6.30. The Morgan fingerprint density at radius 3 is 2.62 bits per heavy atom. The van der Waals surface area contributed by atoms with Crippen LogP contribution in [0.4, 0.5) is 5.69 Å². The van der Waals surface area contributed by atoms with Gasteiger partial charge in [0, 0.05) is 17.1 Å². The molecule has 1 atom stereocenters. The van der Waals surface area contributed by atoms with Crippen molar-refractivity contribution in [1.82, 2.24) is 0 Å². The van der Waals surface area contributed by atoms with Crippen molar-refractivity contribution in [2.75, 3.05) is 5.32 Å². The molecule has 0 radical (unpaired) electrons. The minimum atomic E-state index is -0.751. The minimum Gasteiger partial charge on any atom is -0.371 e. The number of hydrogen-bond donors (Lipinski definition) is 2. The third-order valence-corrected chi connectivity index (χ3v) is 4.35. The highest BCUT2D eigenvalue weighted by atomic mass is 35.5. The molecule has 21 heavy (non-hydrogen) atoms. The fourth-order valence-electron chi connectivity index (χ4n) is 2.96. The van der Waals surface area contributed by atoms with Gasteiger partial charge in [-0.3, -0.25) is 4.79 Å². The molecule has 0 saturated carbocycles. The molecular weight excluding hydrogens is 284 g/mol. The maximum atomic E-state index is 12.1. The zero-order chi connectivity index (χ0) is 14.9. The standard InChI is InChI=1S/C17H17ClN2O/c18-14-6-3-7-15(10-14)20-17(16(19)21)9-8-12-4-1-2-5-13(12)11-17/h1-7,10,20H,8-9,11H2,(H2,19,21). The highest BCUT2D eigenvalue weighted by Crippen LogP contribution is 2.32. The van der Waals surface area contributed by atoms with Gasteiger partial charge in [0.2, 0.25) is 5.91 Å². The van der Waals surface area contributed by atoms with Crippen LogP contribution < -0.4 is 11.1 Å². The number of aryl methyl sites for hydroxylation is 1. The van der Waals surface area contributed by atoms with E-state index >= 15 is 0 Å². The molecule has 2 aromatic rings. The molecule has 0 fully saturated rings. The molecule has 0 bridgehead atoms. The summed E-state index contributed by atoms with van der Waals surface area (Å²) in [7, 11) is 0. The van der Waals surface area contributed by atoms with E-state index in [9.17, 15) is 4.79 Å². The fraction of sp³-hybridized carbons (Fsp3) is 0.235. The number of benzene rings is 2. The molecule has 108 valence electrons. The second-order valence-electron chi connectivity index (χ2n) is 5.53. The van der Waals surface area contributed by atoms with Crippen molar-refractivity contribution in [1.29, 1.82) is 0 Å². The smallest absolute Gasteiger partial charge is 0.243 e. The average Bonchev–Trinajstić information content (AvgIpc) is 2.47. The predicted molar refractivity (Wildman–Crippen MR) is 85.5 cm³/mol. The van der Waals surface area contributed by atoms with Gasteiger partial charge < -0.3 is 11.1 Å². The average molecular weight is 301 g/mol. The Kier molecular flexibility index (Phi) is 3.60. The lowest BCUT2D eigenvalue weighted by molar-refractivity contribution is -0.122. The van der Waals surface area contributed by atoms with Crippen molar-refractivity contribution in [2.24, 2.45) is 5.73 Å². The lowest BCUT2D eigenvalue weighted by Gasteiger charge is -2.37. The topological polar surface area (TPSA) is 55.1 Å². The molecule has 2 aromatic carbocycles. The van der Waals surface area contributed by atoms with Crippen molar-refractivity contribution in [2.45, 2.75) is 24.8 Å². The first-order valence-corrected chi connectivity index (χ1v) is 7.37. The van der Waals surface area contributed by atoms with Crippen LogP contribution in [-0.2, 0) is 17.6 Å². The summed E-state index contributed by atoms with van der Waals surface area (Å²) in [5.74, 6) is -0.322. The van der Waals surface area contributed by atoms with Gasteiger partial charge >= 0.3 is 0 Å². The van der Waals surface area contributed by atoms with Crippen LogP contribution in [0.2, 0.25) is 5.02 Å². The summed E-state index contributed by atoms with van der Waals surface area (Å²) in [4.78, 5) is 12.1. The predicted octanol–water partition coefficient (Wildman–Crippen LogP) is 3.16. The SMILES string of the molecule is NC(=O)C1(Nc2cccc(Cl)c2)CCc2ccccc2C1. The van der Waals surface area contributed by atoms with Crippen molar-refractivity contribution in [3.05, 3.63) is 64.7 Å². The summed E-state index contributed by atoms with van der Waals surface area (Å²) in [6, 6.07) is 15.6. The lowest BCUT2D eigenvalue weighted by atomic mass is 9.77. The van der Waals surface area contributed by atoms with Gasteiger partial charge in [-0.2, -0.15) is 0 Å². The number of carbonyl (C=O) groups is 1. The number of halogens is 1. The molecule has 0 spiro atoms. The highest BCUT2D eigenvalue weighted by Gasteiger charge is 2.39. The van der Waals surface area contributed by atoms with Crippen molar-refractivity contribution >= 4 is 23.2 Å². The fourth-order valence-corrected chi connectivity index (χ4v) is 3.15. The van der Waals surface area contributed by atoms with E-state index < -0.39 is 5.54 Å². The Morgan fingerprint density at radius 1 is 1.14 bits per heavy atom. The molecular formula is C17H17ClN2O. The van der Waals surface area contributed by atoms with Crippen molar-refractivity contribution < 1.29 is 4.79 Å². The van der Waals surface area contributed by atoms with Gasteiger partial charge in [-0.15, -0.1) is 0 Å². The van der Waals surface area contributed by atoms with E-state index in [-0.39, 0.29) is 5.91 Å². The van der Waals surface area contributed by atoms with E-state index in [1.54, 1.807) is 6.07 Å². The van der Waals surface area contributed by atoms with E-state index in [1.165, 1.54) is 11.1 Å². The molecule has 3 nitrogen and oxygen atoms in total. The first-order chi connectivity index (χ1) is 10.1. The third kappa shape index (κ3) is 2.74. The molecule has 0 heterocycles. The number of amides is 1. The Balaban J connectivity index is 1.93. The maximum Gasteiger partial charge on any atom is 0.243 e. The molecule has 4 heteroatoms. The minimum absolute atomic E-state index is 0.322. The van der Waals surface area contributed by atoms with Crippen LogP contribution in [0.3, 0.4) is 0 Å². The van der Waals surface area contributed by atoms with Crippen LogP contribution in [0, 0.1) is 0 Å². The molecule has 3 rings (SSSR count). The summed E-state index contributed by atoms with van der Waals surface area (Å²) in [6.45, 7) is 0. The Hall–Kier alpha value is -2.00. The van der Waals surface area contributed by atoms with E-state index in [0.29, 0.717) is 17.9 Å². The number of nitrogens with two attached hydrogens (primary N) is 1. The van der Waals surface area contributed by atoms with E-state index in [1.807, 2.05) is 30.3 Å². The number of hydrogen-bond acceptors (Lipinski definition) is 2. The monoisotopic (exact) mass is 300 g/mol. The molecule has 1 unspecified atom stereocenters. The Morgan fingerprint density at radius 2 is 1.90 bits per heavy atom. The summed E-state index contributed by atoms with van der Waals surface area (Å²) < 4.78 is 0. The molecule has 0 aromatic heterocycles. The first-order valence-electron chi connectivity index (χ1n) is 6.99. The molecule has 3 N–H and O–H groups in total. The quantitative estimate of drug-likeness (QED) is 0.915. The van der Waals surface area contributed by atoms with Crippen LogP contribution in [-0.4, -0.2) is 11.4 Å². The summed E-state index contributed by atoms with van der Waals surface area (Å²) in [5, 5.41) is 3.95. The summed E-state index contributed by atoms with van der Waals surface area (Å²) in [5.41, 5.74) is 8.25. The van der Waals surface area contributed by atoms with Crippen LogP contribution in [0.25, 0.3) is 0 Å². The lowest BCUT2D eigenvalue weighted by Crippen LogP contribution is -2.54. The van der Waals surface area contributed by atoms with Crippen LogP contribution in [0.5, 0.6) is 0 Å². The van der Waals surface area contributed by atoms with Gasteiger partial charge in [-0.25, -0.2) is 0 Å². The van der Waals surface area contributed by atoms with E-state index in [0.717, 1.165) is 12.1 Å². The molecule has 1 aliphatic carbocycles. The third-order valence-electron chi connectivity index (χ3n) is 4.11. The van der Waals surface area contributed by atoms with Crippen LogP contribution >= 0.6 is 11.6 Å². The second kappa shape index (κ2) is 5.41. The Bertz CT molecular complexity index is 686. The summed E-state index contributed by atoms with van der Waals surface area (Å²) in [6.07, 6.45) is 2.13. The number of primary amides is 1. The Labute approximate surface area is 129 Å². The number of carbonyl (C=O) groups excluding carboxylic acids is 1. The van der Waals surface area contributed by atoms with Gasteiger partial charge in [0.15, 0.2) is 0 Å². The zero-order valence-electron chi connectivity index (χ0n) is 11.6. The number of rotatable bonds is 3. The first kappa shape index (κ1) is 14.0. The van der Waals surface area contributed by atoms with Gasteiger partial charge in [-0.1, -0.05) is 41.9 Å². The second-order valence-corrected chi connectivity index (χ2v) is 5.96.